The molecule has 0 saturated carbocycles. The molecule has 1 aliphatic heterocycles. The highest BCUT2D eigenvalue weighted by Gasteiger charge is 2.18. The number of benzene rings is 1. The molecule has 2 amide bonds. The lowest BCUT2D eigenvalue weighted by Crippen LogP contribution is -2.30. The number of amides is 2. The van der Waals surface area contributed by atoms with Gasteiger partial charge in [-0.05, 0) is 57.5 Å². The highest BCUT2D eigenvalue weighted by Crippen LogP contribution is 2.31. The van der Waals surface area contributed by atoms with Crippen molar-refractivity contribution in [1.29, 1.82) is 5.41 Å². The number of nitrogens with zero attached hydrogens (tertiary/aromatic N) is 3. The van der Waals surface area contributed by atoms with Crippen LogP contribution >= 0.6 is 11.6 Å². The molecule has 1 aromatic heterocycles. The number of nitrogens with two attached hydrogens (primary N) is 1. The summed E-state index contributed by atoms with van der Waals surface area (Å²) in [6, 6.07) is 4.46. The molecule has 0 atom stereocenters. The molecule has 1 fully saturated rings. The lowest BCUT2D eigenvalue weighted by atomic mass is 10.2. The first-order valence-corrected chi connectivity index (χ1v) is 10.8. The monoisotopic (exact) mass is 461 g/mol. The van der Waals surface area contributed by atoms with Crippen LogP contribution in [-0.4, -0.2) is 60.1 Å². The predicted octanol–water partition coefficient (Wildman–Crippen LogP) is 3.47. The van der Waals surface area contributed by atoms with E-state index in [-0.39, 0.29) is 34.2 Å². The number of methoxy groups -OCH3 is 1. The maximum absolute atomic E-state index is 12.2. The second-order valence-electron chi connectivity index (χ2n) is 7.35. The number of carbonyl (C=O) groups excluding carboxylic acids is 1. The summed E-state index contributed by atoms with van der Waals surface area (Å²) in [5, 5.41) is 13.7. The average molecular weight is 462 g/mol. The fourth-order valence-corrected chi connectivity index (χ4v) is 3.60. The molecule has 0 radical (unpaired) electrons. The number of carbonyl (C=O) groups is 1. The van der Waals surface area contributed by atoms with E-state index < -0.39 is 0 Å². The number of unbranched alkanes of at least 4 members (excludes halogenated alkanes) is 1. The van der Waals surface area contributed by atoms with E-state index in [9.17, 15) is 4.79 Å². The Hall–Kier alpha value is -3.11. The van der Waals surface area contributed by atoms with Crippen molar-refractivity contribution in [2.75, 3.05) is 44.3 Å². The number of hydrogen-bond donors (Lipinski definition) is 4. The van der Waals surface area contributed by atoms with E-state index >= 15 is 0 Å². The van der Waals surface area contributed by atoms with E-state index in [2.05, 4.69) is 25.5 Å². The molecule has 32 heavy (non-hydrogen) atoms. The molecular formula is C21H28ClN7O3. The zero-order chi connectivity index (χ0) is 22.9. The largest absolute Gasteiger partial charge is 0.481 e. The van der Waals surface area contributed by atoms with Crippen LogP contribution in [0.25, 0.3) is 0 Å². The summed E-state index contributed by atoms with van der Waals surface area (Å²) in [4.78, 5) is 22.5. The first-order chi connectivity index (χ1) is 15.5. The second kappa shape index (κ2) is 11.5. The summed E-state index contributed by atoms with van der Waals surface area (Å²) < 4.78 is 10.6. The van der Waals surface area contributed by atoms with Gasteiger partial charge < -0.3 is 30.7 Å². The van der Waals surface area contributed by atoms with E-state index in [4.69, 9.17) is 32.2 Å². The zero-order valence-electron chi connectivity index (χ0n) is 18.0. The van der Waals surface area contributed by atoms with Gasteiger partial charge in [0.05, 0.1) is 17.8 Å². The molecule has 0 bridgehead atoms. The number of anilines is 2. The van der Waals surface area contributed by atoms with Crippen molar-refractivity contribution in [2.45, 2.75) is 25.7 Å². The molecule has 1 aromatic carbocycles. The minimum absolute atomic E-state index is 0.0586. The van der Waals surface area contributed by atoms with Crippen molar-refractivity contribution in [3.63, 3.8) is 0 Å². The van der Waals surface area contributed by atoms with Crippen LogP contribution in [0.1, 0.15) is 31.2 Å². The Labute approximate surface area is 192 Å². The lowest BCUT2D eigenvalue weighted by Gasteiger charge is -2.14. The van der Waals surface area contributed by atoms with E-state index in [0.717, 1.165) is 19.4 Å². The van der Waals surface area contributed by atoms with Crippen LogP contribution in [0.15, 0.2) is 24.5 Å². The Morgan fingerprint density at radius 3 is 2.78 bits per heavy atom. The van der Waals surface area contributed by atoms with Gasteiger partial charge in [0, 0.05) is 12.6 Å². The number of halogens is 1. The molecule has 2 heterocycles. The van der Waals surface area contributed by atoms with Crippen molar-refractivity contribution in [3.8, 4) is 11.6 Å². The van der Waals surface area contributed by atoms with Gasteiger partial charge in [-0.25, -0.2) is 14.8 Å². The topological polar surface area (TPSA) is 138 Å². The smallest absolute Gasteiger partial charge is 0.319 e. The van der Waals surface area contributed by atoms with Gasteiger partial charge in [0.1, 0.15) is 23.5 Å². The van der Waals surface area contributed by atoms with Gasteiger partial charge in [0.2, 0.25) is 11.8 Å². The van der Waals surface area contributed by atoms with Crippen LogP contribution in [0, 0.1) is 5.41 Å². The molecule has 0 spiro atoms. The second-order valence-corrected chi connectivity index (χ2v) is 7.76. The number of hydrogen-bond acceptors (Lipinski definition) is 8. The number of nitrogens with one attached hydrogen (secondary N) is 3. The Kier molecular flexibility index (Phi) is 8.46. The average Bonchev–Trinajstić information content (AvgIpc) is 3.29. The van der Waals surface area contributed by atoms with E-state index in [1.165, 1.54) is 45.4 Å². The number of aromatic nitrogens is 2. The number of urea groups is 1. The number of rotatable bonds is 9. The molecule has 1 saturated heterocycles. The number of likely N-dealkylation sites (tertiary alicyclic amines) is 1. The van der Waals surface area contributed by atoms with Gasteiger partial charge in [0.15, 0.2) is 0 Å². The van der Waals surface area contributed by atoms with Crippen molar-refractivity contribution in [2.24, 2.45) is 0 Å². The van der Waals surface area contributed by atoms with Crippen LogP contribution in [-0.2, 0) is 4.74 Å². The highest BCUT2D eigenvalue weighted by molar-refractivity contribution is 6.33. The Balaban J connectivity index is 1.51. The zero-order valence-corrected chi connectivity index (χ0v) is 18.7. The van der Waals surface area contributed by atoms with Gasteiger partial charge >= 0.3 is 6.03 Å². The summed E-state index contributed by atoms with van der Waals surface area (Å²) >= 11 is 6.30. The van der Waals surface area contributed by atoms with Crippen molar-refractivity contribution >= 4 is 35.0 Å². The summed E-state index contributed by atoms with van der Waals surface area (Å²) in [6.45, 7) is 4.06. The molecular weight excluding hydrogens is 434 g/mol. The fourth-order valence-electron chi connectivity index (χ4n) is 3.38. The van der Waals surface area contributed by atoms with Crippen molar-refractivity contribution in [3.05, 3.63) is 35.1 Å². The summed E-state index contributed by atoms with van der Waals surface area (Å²) in [6.07, 6.45) is 5.78. The van der Waals surface area contributed by atoms with Crippen LogP contribution in [0.4, 0.5) is 16.3 Å². The molecule has 5 N–H and O–H groups in total. The van der Waals surface area contributed by atoms with Gasteiger partial charge in [-0.1, -0.05) is 11.6 Å². The molecule has 1 aliphatic rings. The third-order valence-corrected chi connectivity index (χ3v) is 5.37. The van der Waals surface area contributed by atoms with Crippen molar-refractivity contribution < 1.29 is 14.3 Å². The maximum atomic E-state index is 12.2. The Morgan fingerprint density at radius 2 is 2.06 bits per heavy atom. The molecule has 3 rings (SSSR count). The third-order valence-electron chi connectivity index (χ3n) is 5.06. The molecule has 11 heteroatoms. The standard InChI is InChI=1S/C21H28ClN7O3/c1-31-19(24)17-18(23)26-13-27-20(17)32-14-6-7-16(15(22)12-14)28-21(30)25-8-2-3-9-29-10-4-5-11-29/h6-7,12-13,24H,2-5,8-11H2,1H3,(H2,23,26,27)(H2,25,28,30). The SMILES string of the molecule is COC(=N)c1c(N)ncnc1Oc1ccc(NC(=O)NCCCCN2CCCC2)c(Cl)c1. The van der Waals surface area contributed by atoms with Gasteiger partial charge in [-0.2, -0.15) is 0 Å². The highest BCUT2D eigenvalue weighted by atomic mass is 35.5. The Bertz CT molecular complexity index is 951. The van der Waals surface area contributed by atoms with Crippen LogP contribution < -0.4 is 21.1 Å². The summed E-state index contributed by atoms with van der Waals surface area (Å²) in [5.74, 6) is 0.252. The maximum Gasteiger partial charge on any atom is 0.319 e. The summed E-state index contributed by atoms with van der Waals surface area (Å²) in [5.41, 5.74) is 6.40. The molecule has 10 nitrogen and oxygen atoms in total. The molecule has 2 aromatic rings. The summed E-state index contributed by atoms with van der Waals surface area (Å²) in [7, 11) is 1.34. The first kappa shape index (κ1) is 23.6. The fraction of sp³-hybridized carbons (Fsp3) is 0.429. The van der Waals surface area contributed by atoms with Crippen LogP contribution in [0.3, 0.4) is 0 Å². The Morgan fingerprint density at radius 1 is 1.28 bits per heavy atom. The van der Waals surface area contributed by atoms with Gasteiger partial charge in [0.25, 0.3) is 0 Å². The van der Waals surface area contributed by atoms with E-state index in [1.807, 2.05) is 0 Å². The number of ether oxygens (including phenoxy) is 2. The molecule has 0 aliphatic carbocycles. The van der Waals surface area contributed by atoms with Crippen LogP contribution in [0.2, 0.25) is 5.02 Å². The van der Waals surface area contributed by atoms with Crippen molar-refractivity contribution in [1.82, 2.24) is 20.2 Å². The quantitative estimate of drug-likeness (QED) is 0.254. The minimum Gasteiger partial charge on any atom is -0.481 e. The van der Waals surface area contributed by atoms with Gasteiger partial charge in [-0.3, -0.25) is 5.41 Å². The normalized spacial score (nSPS) is 13.6. The van der Waals surface area contributed by atoms with Gasteiger partial charge in [-0.15, -0.1) is 0 Å². The third kappa shape index (κ3) is 6.44. The molecule has 0 unspecified atom stereocenters. The first-order valence-electron chi connectivity index (χ1n) is 10.5. The van der Waals surface area contributed by atoms with E-state index in [0.29, 0.717) is 18.0 Å². The predicted molar refractivity (Wildman–Crippen MR) is 124 cm³/mol. The van der Waals surface area contributed by atoms with Crippen LogP contribution in [0.5, 0.6) is 11.6 Å². The molecule has 172 valence electrons. The lowest BCUT2D eigenvalue weighted by molar-refractivity contribution is 0.251. The van der Waals surface area contributed by atoms with E-state index in [1.54, 1.807) is 12.1 Å². The number of nitrogen functional groups attached to an aromatic ring is 1. The minimum atomic E-state index is -0.318.